The van der Waals surface area contributed by atoms with Crippen molar-refractivity contribution in [3.63, 3.8) is 0 Å². The fourth-order valence-electron chi connectivity index (χ4n) is 3.31. The maximum absolute atomic E-state index is 12.0. The molecule has 2 aromatic rings. The zero-order valence-corrected chi connectivity index (χ0v) is 17.9. The fraction of sp³-hybridized carbons (Fsp3) is 0.292. The Kier molecular flexibility index (Phi) is 6.67. The molecule has 30 heavy (non-hydrogen) atoms. The van der Waals surface area contributed by atoms with Crippen LogP contribution in [0.3, 0.4) is 0 Å². The summed E-state index contributed by atoms with van der Waals surface area (Å²) in [6, 6.07) is 7.84. The molecule has 0 radical (unpaired) electrons. The van der Waals surface area contributed by atoms with Crippen LogP contribution in [-0.2, 0) is 22.6 Å². The Labute approximate surface area is 177 Å². The van der Waals surface area contributed by atoms with Gasteiger partial charge in [-0.25, -0.2) is 0 Å². The quantitative estimate of drug-likeness (QED) is 0.430. The van der Waals surface area contributed by atoms with Crippen molar-refractivity contribution in [1.82, 2.24) is 9.88 Å². The standard InChI is InChI=1S/C24H27N3O3/c1-16(14-28)10-20(13-27(3)4)19-11-18-7-8-23(29)26-24(18)22(12-19)30-15-21-17(2)6-5-9-25-21/h5-6,9-14H,7-8,15H2,1-4H3,(H,26,29)/b16-10-,20-13+. The summed E-state index contributed by atoms with van der Waals surface area (Å²) in [5, 5.41) is 2.95. The Morgan fingerprint density at radius 2 is 2.10 bits per heavy atom. The second kappa shape index (κ2) is 9.39. The third-order valence-corrected chi connectivity index (χ3v) is 4.85. The molecule has 0 aliphatic carbocycles. The second-order valence-electron chi connectivity index (χ2n) is 7.67. The molecule has 1 aromatic heterocycles. The van der Waals surface area contributed by atoms with Gasteiger partial charge in [-0.3, -0.25) is 14.6 Å². The summed E-state index contributed by atoms with van der Waals surface area (Å²) < 4.78 is 6.14. The molecule has 1 aromatic carbocycles. The first-order valence-electron chi connectivity index (χ1n) is 9.89. The molecule has 2 heterocycles. The first kappa shape index (κ1) is 21.3. The molecule has 0 saturated heterocycles. The van der Waals surface area contributed by atoms with Crippen molar-refractivity contribution in [2.24, 2.45) is 0 Å². The number of hydrogen-bond acceptors (Lipinski definition) is 5. The monoisotopic (exact) mass is 405 g/mol. The maximum atomic E-state index is 12.0. The summed E-state index contributed by atoms with van der Waals surface area (Å²) in [6.45, 7) is 4.06. The number of ether oxygens (including phenoxy) is 1. The number of fused-ring (bicyclic) bond motifs is 1. The van der Waals surface area contributed by atoms with Crippen molar-refractivity contribution in [3.05, 3.63) is 70.7 Å². The smallest absolute Gasteiger partial charge is 0.224 e. The van der Waals surface area contributed by atoms with Crippen LogP contribution in [0.1, 0.15) is 35.7 Å². The summed E-state index contributed by atoms with van der Waals surface area (Å²) in [5.74, 6) is 0.581. The predicted molar refractivity (Wildman–Crippen MR) is 118 cm³/mol. The van der Waals surface area contributed by atoms with Crippen molar-refractivity contribution in [2.45, 2.75) is 33.3 Å². The Balaban J connectivity index is 2.05. The van der Waals surface area contributed by atoms with Crippen molar-refractivity contribution >= 4 is 23.5 Å². The molecular formula is C24H27N3O3. The molecule has 1 N–H and O–H groups in total. The van der Waals surface area contributed by atoms with Gasteiger partial charge in [0.25, 0.3) is 0 Å². The Morgan fingerprint density at radius 1 is 1.30 bits per heavy atom. The topological polar surface area (TPSA) is 71.5 Å². The molecular weight excluding hydrogens is 378 g/mol. The molecule has 0 bridgehead atoms. The van der Waals surface area contributed by atoms with E-state index in [-0.39, 0.29) is 5.91 Å². The van der Waals surface area contributed by atoms with Crippen LogP contribution in [0.5, 0.6) is 5.75 Å². The number of nitrogens with one attached hydrogen (secondary N) is 1. The van der Waals surface area contributed by atoms with Crippen LogP contribution in [0.4, 0.5) is 5.69 Å². The molecule has 0 unspecified atom stereocenters. The maximum Gasteiger partial charge on any atom is 0.224 e. The molecule has 1 aliphatic heterocycles. The molecule has 0 fully saturated rings. The third kappa shape index (κ3) is 5.14. The Hall–Kier alpha value is -3.41. The minimum absolute atomic E-state index is 0.0186. The highest BCUT2D eigenvalue weighted by Crippen LogP contribution is 2.37. The molecule has 0 atom stereocenters. The van der Waals surface area contributed by atoms with Gasteiger partial charge in [-0.2, -0.15) is 0 Å². The first-order valence-corrected chi connectivity index (χ1v) is 9.89. The van der Waals surface area contributed by atoms with E-state index in [9.17, 15) is 9.59 Å². The zero-order valence-electron chi connectivity index (χ0n) is 17.9. The van der Waals surface area contributed by atoms with Gasteiger partial charge in [0.1, 0.15) is 18.6 Å². The van der Waals surface area contributed by atoms with E-state index in [4.69, 9.17) is 4.74 Å². The summed E-state index contributed by atoms with van der Waals surface area (Å²) in [7, 11) is 3.87. The van der Waals surface area contributed by atoms with Crippen LogP contribution in [0.2, 0.25) is 0 Å². The minimum Gasteiger partial charge on any atom is -0.485 e. The number of carbonyl (C=O) groups excluding carboxylic acids is 2. The number of benzene rings is 1. The molecule has 0 spiro atoms. The van der Waals surface area contributed by atoms with Gasteiger partial charge in [0.2, 0.25) is 5.91 Å². The highest BCUT2D eigenvalue weighted by Gasteiger charge is 2.21. The lowest BCUT2D eigenvalue weighted by molar-refractivity contribution is -0.116. The van der Waals surface area contributed by atoms with Crippen LogP contribution in [-0.4, -0.2) is 36.2 Å². The zero-order chi connectivity index (χ0) is 21.7. The number of amides is 1. The molecule has 1 amide bonds. The van der Waals surface area contributed by atoms with Gasteiger partial charge >= 0.3 is 0 Å². The number of nitrogens with zero attached hydrogens (tertiary/aromatic N) is 2. The molecule has 1 aliphatic rings. The number of allylic oxidation sites excluding steroid dienone is 3. The van der Waals surface area contributed by atoms with Gasteiger partial charge in [0.05, 0.1) is 11.4 Å². The number of carbonyl (C=O) groups is 2. The lowest BCUT2D eigenvalue weighted by Crippen LogP contribution is -2.20. The van der Waals surface area contributed by atoms with Crippen molar-refractivity contribution in [1.29, 1.82) is 0 Å². The van der Waals surface area contributed by atoms with E-state index >= 15 is 0 Å². The fourth-order valence-corrected chi connectivity index (χ4v) is 3.31. The van der Waals surface area contributed by atoms with Crippen molar-refractivity contribution in [3.8, 4) is 5.75 Å². The SMILES string of the molecule is C/C(C=O)=C/C(=C\N(C)C)c1cc2c(c(OCc3ncccc3C)c1)NC(=O)CC2. The van der Waals surface area contributed by atoms with Gasteiger partial charge in [0, 0.05) is 32.9 Å². The Bertz CT molecular complexity index is 1020. The number of aryl methyl sites for hydroxylation is 2. The van der Waals surface area contributed by atoms with Crippen LogP contribution in [0, 0.1) is 6.92 Å². The molecule has 0 saturated carbocycles. The summed E-state index contributed by atoms with van der Waals surface area (Å²) in [5.41, 5.74) is 6.06. The molecule has 3 rings (SSSR count). The van der Waals surface area contributed by atoms with Crippen LogP contribution in [0.15, 0.2) is 48.3 Å². The molecule has 156 valence electrons. The van der Waals surface area contributed by atoms with Gasteiger partial charge < -0.3 is 15.0 Å². The van der Waals surface area contributed by atoms with E-state index in [2.05, 4.69) is 16.4 Å². The highest BCUT2D eigenvalue weighted by atomic mass is 16.5. The van der Waals surface area contributed by atoms with E-state index in [0.29, 0.717) is 36.5 Å². The van der Waals surface area contributed by atoms with Gasteiger partial charge in [-0.1, -0.05) is 6.07 Å². The van der Waals surface area contributed by atoms with E-state index in [1.807, 2.05) is 56.4 Å². The van der Waals surface area contributed by atoms with Gasteiger partial charge in [-0.05, 0) is 72.4 Å². The van der Waals surface area contributed by atoms with Crippen molar-refractivity contribution in [2.75, 3.05) is 19.4 Å². The molecule has 6 heteroatoms. The van der Waals surface area contributed by atoms with E-state index in [0.717, 1.165) is 34.2 Å². The summed E-state index contributed by atoms with van der Waals surface area (Å²) in [4.78, 5) is 29.5. The lowest BCUT2D eigenvalue weighted by atomic mass is 9.95. The minimum atomic E-state index is -0.0186. The van der Waals surface area contributed by atoms with Crippen molar-refractivity contribution < 1.29 is 14.3 Å². The first-order chi connectivity index (χ1) is 14.4. The number of aldehydes is 1. The Morgan fingerprint density at radius 3 is 2.80 bits per heavy atom. The van der Waals surface area contributed by atoms with Crippen LogP contribution < -0.4 is 10.1 Å². The largest absolute Gasteiger partial charge is 0.485 e. The normalized spacial score (nSPS) is 14.1. The average Bonchev–Trinajstić information content (AvgIpc) is 2.72. The van der Waals surface area contributed by atoms with E-state index in [1.54, 1.807) is 13.1 Å². The van der Waals surface area contributed by atoms with E-state index < -0.39 is 0 Å². The summed E-state index contributed by atoms with van der Waals surface area (Å²) >= 11 is 0. The predicted octanol–water partition coefficient (Wildman–Crippen LogP) is 3.90. The number of aromatic nitrogens is 1. The van der Waals surface area contributed by atoms with Gasteiger partial charge in [-0.15, -0.1) is 0 Å². The number of anilines is 1. The average molecular weight is 405 g/mol. The highest BCUT2D eigenvalue weighted by molar-refractivity contribution is 5.96. The van der Waals surface area contributed by atoms with Crippen LogP contribution >= 0.6 is 0 Å². The van der Waals surface area contributed by atoms with Crippen LogP contribution in [0.25, 0.3) is 5.57 Å². The number of pyridine rings is 1. The number of rotatable bonds is 7. The summed E-state index contributed by atoms with van der Waals surface area (Å²) in [6.07, 6.45) is 7.46. The second-order valence-corrected chi connectivity index (χ2v) is 7.67. The molecule has 6 nitrogen and oxygen atoms in total. The number of hydrogen-bond donors (Lipinski definition) is 1. The lowest BCUT2D eigenvalue weighted by Gasteiger charge is -2.22. The third-order valence-electron chi connectivity index (χ3n) is 4.85. The van der Waals surface area contributed by atoms with E-state index in [1.165, 1.54) is 0 Å². The van der Waals surface area contributed by atoms with Gasteiger partial charge in [0.15, 0.2) is 0 Å².